The van der Waals surface area contributed by atoms with Gasteiger partial charge in [0, 0.05) is 35.6 Å². The number of nitrogens with zero attached hydrogens (tertiary/aromatic N) is 1. The molecule has 1 N–H and O–H groups in total. The molecule has 0 atom stereocenters. The van der Waals surface area contributed by atoms with Crippen molar-refractivity contribution < 1.29 is 13.5 Å². The lowest BCUT2D eigenvalue weighted by Crippen LogP contribution is -2.34. The largest absolute Gasteiger partial charge is 0.496 e. The van der Waals surface area contributed by atoms with E-state index in [9.17, 15) is 8.78 Å². The third-order valence-electron chi connectivity index (χ3n) is 5.87. The second-order valence-corrected chi connectivity index (χ2v) is 8.14. The number of fused-ring (bicyclic) bond motifs is 1. The highest BCUT2D eigenvalue weighted by Crippen LogP contribution is 2.33. The number of nitrogens with one attached hydrogen (secondary N) is 1. The first-order valence-electron chi connectivity index (χ1n) is 10.6. The Kier molecular flexibility index (Phi) is 7.86. The van der Waals surface area contributed by atoms with Gasteiger partial charge in [0.25, 0.3) is 0 Å². The van der Waals surface area contributed by atoms with Gasteiger partial charge < -0.3 is 9.72 Å². The number of hydrogen-bond acceptors (Lipinski definition) is 2. The Morgan fingerprint density at radius 3 is 2.37 bits per heavy atom. The highest BCUT2D eigenvalue weighted by atomic mass is 19.3. The van der Waals surface area contributed by atoms with Crippen molar-refractivity contribution in [1.82, 2.24) is 9.88 Å². The fourth-order valence-electron chi connectivity index (χ4n) is 4.17. The number of aromatic amines is 1. The molecule has 1 aliphatic rings. The molecule has 3 aromatic rings. The first-order chi connectivity index (χ1) is 14.5. The average molecular weight is 415 g/mol. The van der Waals surface area contributed by atoms with Crippen molar-refractivity contribution in [3.05, 3.63) is 65.4 Å². The monoisotopic (exact) mass is 414 g/mol. The van der Waals surface area contributed by atoms with Gasteiger partial charge in [0.05, 0.1) is 7.11 Å². The Balaban J connectivity index is 0.000000310. The number of H-pyrrole nitrogens is 1. The van der Waals surface area contributed by atoms with Crippen LogP contribution in [-0.2, 0) is 6.54 Å². The number of aryl methyl sites for hydroxylation is 2. The summed E-state index contributed by atoms with van der Waals surface area (Å²) in [4.78, 5) is 5.64. The molecule has 2 aromatic carbocycles. The fourth-order valence-corrected chi connectivity index (χ4v) is 4.17. The van der Waals surface area contributed by atoms with Crippen LogP contribution in [-0.4, -0.2) is 36.5 Å². The van der Waals surface area contributed by atoms with E-state index >= 15 is 0 Å². The zero-order chi connectivity index (χ0) is 21.5. The number of aromatic nitrogens is 1. The number of benzene rings is 2. The van der Waals surface area contributed by atoms with E-state index in [1.54, 1.807) is 7.11 Å². The maximum atomic E-state index is 12.5. The Morgan fingerprint density at radius 2 is 1.80 bits per heavy atom. The van der Waals surface area contributed by atoms with Crippen molar-refractivity contribution >= 4 is 10.9 Å². The van der Waals surface area contributed by atoms with Crippen LogP contribution in [0.3, 0.4) is 0 Å². The van der Waals surface area contributed by atoms with E-state index in [0.717, 1.165) is 43.7 Å². The second kappa shape index (κ2) is 10.6. The predicted molar refractivity (Wildman–Crippen MR) is 119 cm³/mol. The van der Waals surface area contributed by atoms with Crippen LogP contribution >= 0.6 is 0 Å². The van der Waals surface area contributed by atoms with Crippen molar-refractivity contribution in [2.24, 2.45) is 5.92 Å². The normalized spacial score (nSPS) is 15.3. The van der Waals surface area contributed by atoms with Crippen molar-refractivity contribution in [2.75, 3.05) is 20.2 Å². The molecule has 30 heavy (non-hydrogen) atoms. The van der Waals surface area contributed by atoms with Gasteiger partial charge in [-0.15, -0.1) is 0 Å². The average Bonchev–Trinajstić information content (AvgIpc) is 3.22. The number of ether oxygens (including phenoxy) is 1. The topological polar surface area (TPSA) is 28.3 Å². The van der Waals surface area contributed by atoms with Gasteiger partial charge in [0.2, 0.25) is 6.43 Å². The lowest BCUT2D eigenvalue weighted by molar-refractivity contribution is 0.0851. The summed E-state index contributed by atoms with van der Waals surface area (Å²) < 4.78 is 30.6. The minimum Gasteiger partial charge on any atom is -0.496 e. The Hall–Kier alpha value is -2.40. The summed E-state index contributed by atoms with van der Waals surface area (Å²) in [5.41, 5.74) is 4.82. The minimum absolute atomic E-state index is 0.0454. The molecule has 0 unspecified atom stereocenters. The van der Waals surface area contributed by atoms with E-state index in [4.69, 9.17) is 4.74 Å². The van der Waals surface area contributed by atoms with Crippen molar-refractivity contribution in [2.45, 2.75) is 46.1 Å². The van der Waals surface area contributed by atoms with Crippen LogP contribution in [0.15, 0.2) is 48.7 Å². The number of likely N-dealkylation sites (tertiary alicyclic amines) is 1. The predicted octanol–water partition coefficient (Wildman–Crippen LogP) is 6.35. The van der Waals surface area contributed by atoms with Crippen molar-refractivity contribution in [3.8, 4) is 5.75 Å². The van der Waals surface area contributed by atoms with Gasteiger partial charge in [-0.25, -0.2) is 8.78 Å². The summed E-state index contributed by atoms with van der Waals surface area (Å²) in [6, 6.07) is 14.4. The van der Waals surface area contributed by atoms with Gasteiger partial charge in [-0.3, -0.25) is 4.90 Å². The van der Waals surface area contributed by atoms with E-state index in [-0.39, 0.29) is 12.3 Å². The molecular weight excluding hydrogens is 382 g/mol. The molecule has 0 spiro atoms. The number of alkyl halides is 2. The molecule has 162 valence electrons. The standard InChI is InChI=1S/C18H24F2N2O.C7H8/c1-12-9-16(23-2)15(14-3-6-21-18(12)14)11-22-7-4-13(5-8-22)10-17(19)20;1-7-5-3-2-4-6-7/h3,6,9,13,17,21H,4-5,7-8,10-11H2,1-2H3;2-6H,1H3. The quantitative estimate of drug-likeness (QED) is 0.527. The molecule has 0 amide bonds. The Morgan fingerprint density at radius 1 is 1.10 bits per heavy atom. The third kappa shape index (κ3) is 5.82. The molecular formula is C25H32F2N2O. The lowest BCUT2D eigenvalue weighted by Gasteiger charge is -2.32. The molecule has 3 nitrogen and oxygen atoms in total. The highest BCUT2D eigenvalue weighted by Gasteiger charge is 2.23. The van der Waals surface area contributed by atoms with Crippen LogP contribution < -0.4 is 4.74 Å². The van der Waals surface area contributed by atoms with Crippen molar-refractivity contribution in [3.63, 3.8) is 0 Å². The van der Waals surface area contributed by atoms with E-state index in [2.05, 4.69) is 48.0 Å². The number of rotatable bonds is 5. The van der Waals surface area contributed by atoms with Crippen LogP contribution in [0.5, 0.6) is 5.75 Å². The smallest absolute Gasteiger partial charge is 0.238 e. The molecule has 5 heteroatoms. The number of piperidine rings is 1. The van der Waals surface area contributed by atoms with Crippen LogP contribution in [0, 0.1) is 19.8 Å². The summed E-state index contributed by atoms with van der Waals surface area (Å²) in [6.45, 7) is 6.71. The maximum Gasteiger partial charge on any atom is 0.238 e. The highest BCUT2D eigenvalue weighted by molar-refractivity contribution is 5.88. The summed E-state index contributed by atoms with van der Waals surface area (Å²) in [6.07, 6.45) is 1.53. The molecule has 0 radical (unpaired) electrons. The summed E-state index contributed by atoms with van der Waals surface area (Å²) in [5.74, 6) is 1.07. The zero-order valence-corrected chi connectivity index (χ0v) is 18.1. The molecule has 0 bridgehead atoms. The zero-order valence-electron chi connectivity index (χ0n) is 18.1. The summed E-state index contributed by atoms with van der Waals surface area (Å²) in [7, 11) is 1.70. The Labute approximate surface area is 178 Å². The number of hydrogen-bond donors (Lipinski definition) is 1. The molecule has 1 saturated heterocycles. The maximum absolute atomic E-state index is 12.5. The minimum atomic E-state index is -2.18. The van der Waals surface area contributed by atoms with Gasteiger partial charge in [-0.05, 0) is 63.4 Å². The number of methoxy groups -OCH3 is 1. The van der Waals surface area contributed by atoms with E-state index in [1.165, 1.54) is 22.1 Å². The lowest BCUT2D eigenvalue weighted by atomic mass is 9.93. The molecule has 4 rings (SSSR count). The van der Waals surface area contributed by atoms with Gasteiger partial charge in [-0.2, -0.15) is 0 Å². The number of halogens is 2. The van der Waals surface area contributed by atoms with Crippen LogP contribution in [0.4, 0.5) is 8.78 Å². The van der Waals surface area contributed by atoms with Crippen LogP contribution in [0.2, 0.25) is 0 Å². The third-order valence-corrected chi connectivity index (χ3v) is 5.87. The fraction of sp³-hybridized carbons (Fsp3) is 0.440. The van der Waals surface area contributed by atoms with Crippen molar-refractivity contribution in [1.29, 1.82) is 0 Å². The van der Waals surface area contributed by atoms with Gasteiger partial charge in [0.15, 0.2) is 0 Å². The van der Waals surface area contributed by atoms with E-state index in [1.807, 2.05) is 24.4 Å². The van der Waals surface area contributed by atoms with Gasteiger partial charge in [-0.1, -0.05) is 35.9 Å². The van der Waals surface area contributed by atoms with E-state index < -0.39 is 6.43 Å². The first-order valence-corrected chi connectivity index (χ1v) is 10.6. The first kappa shape index (κ1) is 22.3. The summed E-state index contributed by atoms with van der Waals surface area (Å²) >= 11 is 0. The van der Waals surface area contributed by atoms with Gasteiger partial charge >= 0.3 is 0 Å². The molecule has 0 saturated carbocycles. The Bertz CT molecular complexity index is 916. The molecule has 1 aliphatic heterocycles. The molecule has 0 aliphatic carbocycles. The van der Waals surface area contributed by atoms with Gasteiger partial charge in [0.1, 0.15) is 5.75 Å². The molecule has 2 heterocycles. The van der Waals surface area contributed by atoms with E-state index in [0.29, 0.717) is 0 Å². The van der Waals surface area contributed by atoms with Crippen LogP contribution in [0.1, 0.15) is 36.0 Å². The SMILES string of the molecule is COc1cc(C)c2[nH]ccc2c1CN1CCC(CC(F)F)CC1.Cc1ccccc1. The second-order valence-electron chi connectivity index (χ2n) is 8.14. The molecule has 1 fully saturated rings. The molecule has 1 aromatic heterocycles. The summed E-state index contributed by atoms with van der Waals surface area (Å²) in [5, 5.41) is 1.19. The van der Waals surface area contributed by atoms with Crippen LogP contribution in [0.25, 0.3) is 10.9 Å².